The van der Waals surface area contributed by atoms with Crippen molar-refractivity contribution in [3.8, 4) is 11.5 Å². The summed E-state index contributed by atoms with van der Waals surface area (Å²) in [5.41, 5.74) is 4.60. The van der Waals surface area contributed by atoms with Crippen molar-refractivity contribution in [2.24, 2.45) is 5.73 Å². The zero-order valence-electron chi connectivity index (χ0n) is 10.3. The van der Waals surface area contributed by atoms with Crippen LogP contribution in [-0.4, -0.2) is 21.9 Å². The second-order valence-corrected chi connectivity index (χ2v) is 4.77. The van der Waals surface area contributed by atoms with Crippen LogP contribution >= 0.6 is 11.3 Å². The number of carboxylic acid groups (broad SMARTS) is 1. The first-order chi connectivity index (χ1) is 9.88. The normalized spacial score (nSPS) is 10.1. The van der Waals surface area contributed by atoms with E-state index in [1.54, 1.807) is 0 Å². The Balaban J connectivity index is 2.36. The highest BCUT2D eigenvalue weighted by molar-refractivity contribution is 7.12. The minimum absolute atomic E-state index is 0.0226. The summed E-state index contributed by atoms with van der Waals surface area (Å²) in [5, 5.41) is 21.2. The second kappa shape index (κ2) is 5.59. The zero-order valence-corrected chi connectivity index (χ0v) is 11.1. The van der Waals surface area contributed by atoms with Crippen LogP contribution in [0.4, 0.5) is 5.69 Å². The number of primary amides is 1. The van der Waals surface area contributed by atoms with E-state index in [0.717, 1.165) is 17.4 Å². The molecule has 1 amide bonds. The van der Waals surface area contributed by atoms with E-state index in [-0.39, 0.29) is 21.9 Å². The zero-order chi connectivity index (χ0) is 15.6. The molecule has 0 aliphatic carbocycles. The van der Waals surface area contributed by atoms with Gasteiger partial charge in [-0.15, -0.1) is 11.3 Å². The molecule has 0 bridgehead atoms. The number of carboxylic acids is 1. The van der Waals surface area contributed by atoms with Gasteiger partial charge in [-0.25, -0.2) is 4.79 Å². The SMILES string of the molecule is NC(=O)c1ccc(Oc2csc(C(=O)O)c2)c([N+](=O)[O-])c1. The van der Waals surface area contributed by atoms with Crippen LogP contribution < -0.4 is 10.5 Å². The molecule has 0 spiro atoms. The summed E-state index contributed by atoms with van der Waals surface area (Å²) in [6.07, 6.45) is 0. The number of amides is 1. The van der Waals surface area contributed by atoms with Gasteiger partial charge in [0.1, 0.15) is 10.6 Å². The summed E-state index contributed by atoms with van der Waals surface area (Å²) in [6, 6.07) is 4.77. The van der Waals surface area contributed by atoms with Gasteiger partial charge in [0.15, 0.2) is 0 Å². The van der Waals surface area contributed by atoms with Crippen molar-refractivity contribution in [1.29, 1.82) is 0 Å². The number of hydrogen-bond acceptors (Lipinski definition) is 6. The lowest BCUT2D eigenvalue weighted by atomic mass is 10.2. The summed E-state index contributed by atoms with van der Waals surface area (Å²) in [4.78, 5) is 32.1. The van der Waals surface area contributed by atoms with E-state index in [4.69, 9.17) is 15.6 Å². The number of hydrogen-bond donors (Lipinski definition) is 2. The Kier molecular flexibility index (Phi) is 3.85. The lowest BCUT2D eigenvalue weighted by Crippen LogP contribution is -2.11. The summed E-state index contributed by atoms with van der Waals surface area (Å²) in [7, 11) is 0. The maximum atomic E-state index is 11.0. The van der Waals surface area contributed by atoms with Crippen molar-refractivity contribution in [3.05, 3.63) is 50.2 Å². The number of rotatable bonds is 5. The largest absolute Gasteiger partial charge is 0.477 e. The van der Waals surface area contributed by atoms with Crippen molar-refractivity contribution in [1.82, 2.24) is 0 Å². The Bertz CT molecular complexity index is 739. The number of thiophene rings is 1. The predicted octanol–water partition coefficient (Wildman–Crippen LogP) is 2.25. The average molecular weight is 308 g/mol. The van der Waals surface area contributed by atoms with Gasteiger partial charge in [0.25, 0.3) is 0 Å². The fourth-order valence-corrected chi connectivity index (χ4v) is 2.16. The van der Waals surface area contributed by atoms with Crippen LogP contribution in [0.5, 0.6) is 11.5 Å². The van der Waals surface area contributed by atoms with Gasteiger partial charge in [0.05, 0.1) is 4.92 Å². The minimum atomic E-state index is -1.12. The molecular formula is C12H8N2O6S. The first-order valence-electron chi connectivity index (χ1n) is 5.46. The van der Waals surface area contributed by atoms with E-state index in [2.05, 4.69) is 0 Å². The van der Waals surface area contributed by atoms with Gasteiger partial charge in [-0.05, 0) is 12.1 Å². The van der Waals surface area contributed by atoms with Crippen LogP contribution in [0.15, 0.2) is 29.6 Å². The van der Waals surface area contributed by atoms with Gasteiger partial charge in [-0.1, -0.05) is 0 Å². The van der Waals surface area contributed by atoms with Crippen LogP contribution in [0, 0.1) is 10.1 Å². The number of carbonyl (C=O) groups excluding carboxylic acids is 1. The Labute approximate surface area is 121 Å². The number of nitro benzene ring substituents is 1. The average Bonchev–Trinajstić information content (AvgIpc) is 2.87. The lowest BCUT2D eigenvalue weighted by molar-refractivity contribution is -0.385. The monoisotopic (exact) mass is 308 g/mol. The third-order valence-corrected chi connectivity index (χ3v) is 3.35. The minimum Gasteiger partial charge on any atom is -0.477 e. The van der Waals surface area contributed by atoms with Gasteiger partial charge in [0, 0.05) is 23.1 Å². The van der Waals surface area contributed by atoms with Gasteiger partial charge >= 0.3 is 11.7 Å². The maximum absolute atomic E-state index is 11.0. The number of aromatic carboxylic acids is 1. The summed E-state index contributed by atoms with van der Waals surface area (Å²) >= 11 is 0.931. The molecule has 0 radical (unpaired) electrons. The number of benzene rings is 1. The highest BCUT2D eigenvalue weighted by Crippen LogP contribution is 2.34. The topological polar surface area (TPSA) is 133 Å². The Hall–Kier alpha value is -2.94. The Morgan fingerprint density at radius 3 is 2.57 bits per heavy atom. The number of nitrogens with zero attached hydrogens (tertiary/aromatic N) is 1. The molecule has 0 aliphatic heterocycles. The van der Waals surface area contributed by atoms with Crippen LogP contribution in [0.25, 0.3) is 0 Å². The molecule has 8 nitrogen and oxygen atoms in total. The summed E-state index contributed by atoms with van der Waals surface area (Å²) in [6.45, 7) is 0. The standard InChI is InChI=1S/C12H8N2O6S/c13-11(15)6-1-2-9(8(3-6)14(18)19)20-7-4-10(12(16)17)21-5-7/h1-5H,(H2,13,15)(H,16,17). The molecule has 0 atom stereocenters. The molecule has 2 aromatic rings. The molecule has 0 unspecified atom stereocenters. The molecule has 0 aliphatic rings. The van der Waals surface area contributed by atoms with Gasteiger partial charge < -0.3 is 15.6 Å². The molecule has 2 rings (SSSR count). The van der Waals surface area contributed by atoms with Crippen LogP contribution in [-0.2, 0) is 0 Å². The van der Waals surface area contributed by atoms with E-state index in [0.29, 0.717) is 0 Å². The first kappa shape index (κ1) is 14.5. The number of ether oxygens (including phenoxy) is 1. The number of carbonyl (C=O) groups is 2. The van der Waals surface area contributed by atoms with E-state index in [1.807, 2.05) is 0 Å². The smallest absolute Gasteiger partial charge is 0.346 e. The molecule has 21 heavy (non-hydrogen) atoms. The van der Waals surface area contributed by atoms with Crippen molar-refractivity contribution >= 4 is 28.9 Å². The van der Waals surface area contributed by atoms with E-state index < -0.39 is 22.5 Å². The third kappa shape index (κ3) is 3.15. The fourth-order valence-electron chi connectivity index (χ4n) is 1.51. The molecule has 1 aromatic carbocycles. The Morgan fingerprint density at radius 1 is 1.33 bits per heavy atom. The first-order valence-corrected chi connectivity index (χ1v) is 6.34. The predicted molar refractivity (Wildman–Crippen MR) is 73.0 cm³/mol. The van der Waals surface area contributed by atoms with Crippen molar-refractivity contribution < 1.29 is 24.4 Å². The molecule has 3 N–H and O–H groups in total. The maximum Gasteiger partial charge on any atom is 0.346 e. The Morgan fingerprint density at radius 2 is 2.05 bits per heavy atom. The number of nitrogens with two attached hydrogens (primary N) is 1. The molecule has 1 aromatic heterocycles. The van der Waals surface area contributed by atoms with Crippen molar-refractivity contribution in [2.75, 3.05) is 0 Å². The molecule has 0 saturated heterocycles. The van der Waals surface area contributed by atoms with E-state index in [9.17, 15) is 19.7 Å². The van der Waals surface area contributed by atoms with Crippen molar-refractivity contribution in [3.63, 3.8) is 0 Å². The third-order valence-electron chi connectivity index (χ3n) is 2.45. The van der Waals surface area contributed by atoms with Crippen LogP contribution in [0.1, 0.15) is 20.0 Å². The second-order valence-electron chi connectivity index (χ2n) is 3.86. The quantitative estimate of drug-likeness (QED) is 0.642. The molecule has 0 fully saturated rings. The van der Waals surface area contributed by atoms with E-state index >= 15 is 0 Å². The molecule has 0 saturated carbocycles. The number of nitro groups is 1. The summed E-state index contributed by atoms with van der Waals surface area (Å²) in [5.74, 6) is -1.87. The van der Waals surface area contributed by atoms with Gasteiger partial charge in [0.2, 0.25) is 11.7 Å². The summed E-state index contributed by atoms with van der Waals surface area (Å²) < 4.78 is 5.29. The molecular weight excluding hydrogens is 300 g/mol. The highest BCUT2D eigenvalue weighted by Gasteiger charge is 2.19. The van der Waals surface area contributed by atoms with Crippen molar-refractivity contribution in [2.45, 2.75) is 0 Å². The molecule has 108 valence electrons. The van der Waals surface area contributed by atoms with Crippen LogP contribution in [0.2, 0.25) is 0 Å². The van der Waals surface area contributed by atoms with Gasteiger partial charge in [-0.3, -0.25) is 14.9 Å². The molecule has 1 heterocycles. The fraction of sp³-hybridized carbons (Fsp3) is 0. The highest BCUT2D eigenvalue weighted by atomic mass is 32.1. The lowest BCUT2D eigenvalue weighted by Gasteiger charge is -2.05. The molecule has 9 heteroatoms. The van der Waals surface area contributed by atoms with Gasteiger partial charge in [-0.2, -0.15) is 0 Å². The van der Waals surface area contributed by atoms with E-state index in [1.165, 1.54) is 23.6 Å². The van der Waals surface area contributed by atoms with Crippen LogP contribution in [0.3, 0.4) is 0 Å².